The first kappa shape index (κ1) is 19.6. The Morgan fingerprint density at radius 1 is 1.06 bits per heavy atom. The van der Waals surface area contributed by atoms with E-state index in [1.807, 2.05) is 13.8 Å². The van der Waals surface area contributed by atoms with Crippen LogP contribution < -0.4 is 15.7 Å². The van der Waals surface area contributed by atoms with Crippen molar-refractivity contribution in [2.75, 3.05) is 7.11 Å². The maximum absolute atomic E-state index is 13.0. The Balaban J connectivity index is 2.06. The maximum Gasteiger partial charge on any atom is 0.274 e. The number of aromatic amines is 2. The Morgan fingerprint density at radius 2 is 1.81 bits per heavy atom. The van der Waals surface area contributed by atoms with Crippen molar-refractivity contribution < 1.29 is 24.5 Å². The number of H-pyrrole nitrogens is 2. The molecule has 0 bridgehead atoms. The van der Waals surface area contributed by atoms with Gasteiger partial charge < -0.3 is 29.5 Å². The molecule has 0 amide bonds. The van der Waals surface area contributed by atoms with Crippen molar-refractivity contribution >= 4 is 33.1 Å². The summed E-state index contributed by atoms with van der Waals surface area (Å²) >= 11 is 0. The third-order valence-corrected chi connectivity index (χ3v) is 5.52. The van der Waals surface area contributed by atoms with Crippen LogP contribution in [0.4, 0.5) is 0 Å². The molecule has 2 aromatic carbocycles. The van der Waals surface area contributed by atoms with Crippen LogP contribution in [0.25, 0.3) is 44.2 Å². The number of hydrogen-bond acceptors (Lipinski definition) is 7. The van der Waals surface area contributed by atoms with Crippen molar-refractivity contribution in [3.63, 3.8) is 0 Å². The minimum absolute atomic E-state index is 0.00495. The van der Waals surface area contributed by atoms with Crippen molar-refractivity contribution in [1.29, 1.82) is 0 Å². The number of furan rings is 1. The van der Waals surface area contributed by atoms with Crippen molar-refractivity contribution in [3.8, 4) is 34.1 Å². The van der Waals surface area contributed by atoms with Gasteiger partial charge in [0.15, 0.2) is 22.7 Å². The zero-order valence-electron chi connectivity index (χ0n) is 17.3. The number of aromatic nitrogens is 3. The second-order valence-corrected chi connectivity index (χ2v) is 7.77. The van der Waals surface area contributed by atoms with Crippen LogP contribution in [0.5, 0.6) is 23.0 Å². The number of fused-ring (bicyclic) bond motifs is 4. The number of aromatic hydroxyl groups is 3. The fourth-order valence-electron chi connectivity index (χ4n) is 4.02. The van der Waals surface area contributed by atoms with Gasteiger partial charge in [0.1, 0.15) is 5.65 Å². The summed E-state index contributed by atoms with van der Waals surface area (Å²) in [6.07, 6.45) is 0. The van der Waals surface area contributed by atoms with Crippen LogP contribution in [0.1, 0.15) is 19.9 Å². The third-order valence-electron chi connectivity index (χ3n) is 5.52. The summed E-state index contributed by atoms with van der Waals surface area (Å²) in [6.45, 7) is 3.79. The number of phenolic OH excluding ortho intramolecular Hbond substituents is 3. The van der Waals surface area contributed by atoms with Crippen LogP contribution in [0.2, 0.25) is 0 Å². The first-order chi connectivity index (χ1) is 15.2. The highest BCUT2D eigenvalue weighted by Crippen LogP contribution is 2.45. The van der Waals surface area contributed by atoms with E-state index in [0.717, 1.165) is 0 Å². The molecule has 3 aromatic heterocycles. The van der Waals surface area contributed by atoms with Crippen LogP contribution in [0.15, 0.2) is 38.3 Å². The Morgan fingerprint density at radius 3 is 2.50 bits per heavy atom. The molecule has 0 aliphatic carbocycles. The molecule has 32 heavy (non-hydrogen) atoms. The number of benzene rings is 2. The summed E-state index contributed by atoms with van der Waals surface area (Å²) in [5, 5.41) is 34.1. The molecule has 0 saturated heterocycles. The normalized spacial score (nSPS) is 11.9. The van der Waals surface area contributed by atoms with Gasteiger partial charge in [0.05, 0.1) is 18.0 Å². The average Bonchev–Trinajstić information content (AvgIpc) is 3.29. The van der Waals surface area contributed by atoms with E-state index >= 15 is 0 Å². The summed E-state index contributed by atoms with van der Waals surface area (Å²) in [5.41, 5.74) is 0.664. The van der Waals surface area contributed by atoms with Crippen molar-refractivity contribution in [3.05, 3.63) is 44.8 Å². The average molecular weight is 437 g/mol. The SMILES string of the molecule is COc1cc(-c2c3oc4c(O)c(=O)ccc4c3[nH]c3c2c(=O)[nH]n3C(C)C)cc(O)c1O. The molecule has 0 unspecified atom stereocenters. The van der Waals surface area contributed by atoms with E-state index in [1.54, 1.807) is 4.68 Å². The van der Waals surface area contributed by atoms with Crippen LogP contribution in [0, 0.1) is 0 Å². The third kappa shape index (κ3) is 2.52. The number of phenols is 3. The van der Waals surface area contributed by atoms with Gasteiger partial charge in [-0.1, -0.05) is 0 Å². The van der Waals surface area contributed by atoms with Gasteiger partial charge in [-0.2, -0.15) is 0 Å². The Hall–Kier alpha value is -4.34. The fourth-order valence-corrected chi connectivity index (χ4v) is 4.02. The van der Waals surface area contributed by atoms with Gasteiger partial charge in [0.25, 0.3) is 5.56 Å². The fraction of sp³-hybridized carbons (Fsp3) is 0.182. The predicted molar refractivity (Wildman–Crippen MR) is 118 cm³/mol. The van der Waals surface area contributed by atoms with E-state index in [1.165, 1.54) is 31.4 Å². The first-order valence-electron chi connectivity index (χ1n) is 9.78. The predicted octanol–water partition coefficient (Wildman–Crippen LogP) is 3.29. The molecule has 164 valence electrons. The minimum Gasteiger partial charge on any atom is -0.504 e. The summed E-state index contributed by atoms with van der Waals surface area (Å²) in [7, 11) is 1.33. The second-order valence-electron chi connectivity index (χ2n) is 7.77. The Kier molecular flexibility index (Phi) is 4.03. The standard InChI is InChI=1S/C22H19N3O7/c1-8(2)25-21-15(22(30)24-25)14(9-6-12(27)17(28)13(7-9)31-3)20-16(23-21)10-4-5-11(26)18(29)19(10)32-20/h4-8,23,27-29H,1-3H3,(H,24,30). The number of nitrogens with zero attached hydrogens (tertiary/aromatic N) is 1. The molecule has 0 fully saturated rings. The zero-order valence-corrected chi connectivity index (χ0v) is 17.3. The molecule has 5 aromatic rings. The lowest BCUT2D eigenvalue weighted by Gasteiger charge is -2.12. The van der Waals surface area contributed by atoms with Gasteiger partial charge in [-0.3, -0.25) is 19.4 Å². The zero-order chi connectivity index (χ0) is 22.9. The molecule has 0 spiro atoms. The van der Waals surface area contributed by atoms with Gasteiger partial charge in [0, 0.05) is 17.0 Å². The second kappa shape index (κ2) is 6.58. The van der Waals surface area contributed by atoms with E-state index in [4.69, 9.17) is 9.15 Å². The largest absolute Gasteiger partial charge is 0.504 e. The molecular formula is C22H19N3O7. The molecule has 3 heterocycles. The van der Waals surface area contributed by atoms with E-state index in [2.05, 4.69) is 10.1 Å². The van der Waals surface area contributed by atoms with E-state index in [0.29, 0.717) is 27.7 Å². The lowest BCUT2D eigenvalue weighted by Crippen LogP contribution is -2.07. The van der Waals surface area contributed by atoms with E-state index < -0.39 is 28.2 Å². The number of methoxy groups -OCH3 is 1. The number of nitrogens with one attached hydrogen (secondary N) is 2. The van der Waals surface area contributed by atoms with Gasteiger partial charge in [0.2, 0.25) is 16.9 Å². The molecule has 5 rings (SSSR count). The van der Waals surface area contributed by atoms with Crippen molar-refractivity contribution in [2.45, 2.75) is 19.9 Å². The monoisotopic (exact) mass is 437 g/mol. The molecule has 0 aliphatic rings. The quantitative estimate of drug-likeness (QED) is 0.271. The molecular weight excluding hydrogens is 418 g/mol. The van der Waals surface area contributed by atoms with Gasteiger partial charge in [-0.15, -0.1) is 0 Å². The van der Waals surface area contributed by atoms with Crippen LogP contribution >= 0.6 is 0 Å². The van der Waals surface area contributed by atoms with Crippen molar-refractivity contribution in [2.24, 2.45) is 0 Å². The van der Waals surface area contributed by atoms with Crippen LogP contribution in [-0.4, -0.2) is 37.2 Å². The van der Waals surface area contributed by atoms with E-state index in [-0.39, 0.29) is 28.3 Å². The lowest BCUT2D eigenvalue weighted by atomic mass is 10.0. The highest BCUT2D eigenvalue weighted by atomic mass is 16.5. The smallest absolute Gasteiger partial charge is 0.274 e. The van der Waals surface area contributed by atoms with E-state index in [9.17, 15) is 24.9 Å². The Bertz CT molecular complexity index is 1670. The Labute approximate surface area is 178 Å². The maximum atomic E-state index is 13.0. The van der Waals surface area contributed by atoms with Crippen molar-refractivity contribution in [1.82, 2.24) is 14.8 Å². The lowest BCUT2D eigenvalue weighted by molar-refractivity contribution is 0.351. The summed E-state index contributed by atoms with van der Waals surface area (Å²) in [5.74, 6) is -1.45. The minimum atomic E-state index is -0.601. The molecule has 5 N–H and O–H groups in total. The van der Waals surface area contributed by atoms with Gasteiger partial charge in [-0.25, -0.2) is 0 Å². The highest BCUT2D eigenvalue weighted by molar-refractivity contribution is 6.15. The van der Waals surface area contributed by atoms with Gasteiger partial charge in [-0.05, 0) is 43.7 Å². The summed E-state index contributed by atoms with van der Waals surface area (Å²) in [6, 6.07) is 5.39. The molecule has 0 radical (unpaired) electrons. The molecule has 0 aliphatic heterocycles. The number of ether oxygens (including phenoxy) is 1. The number of pyridine rings is 1. The topological polar surface area (TPSA) is 154 Å². The molecule has 0 saturated carbocycles. The molecule has 0 atom stereocenters. The first-order valence-corrected chi connectivity index (χ1v) is 9.78. The van der Waals surface area contributed by atoms with Gasteiger partial charge >= 0.3 is 0 Å². The van der Waals surface area contributed by atoms with Crippen LogP contribution in [-0.2, 0) is 0 Å². The summed E-state index contributed by atoms with van der Waals surface area (Å²) < 4.78 is 12.7. The van der Waals surface area contributed by atoms with Crippen LogP contribution in [0.3, 0.4) is 0 Å². The molecule has 10 heteroatoms. The number of rotatable bonds is 3. The molecule has 10 nitrogen and oxygen atoms in total. The highest BCUT2D eigenvalue weighted by Gasteiger charge is 2.25. The number of hydrogen-bond donors (Lipinski definition) is 5. The summed E-state index contributed by atoms with van der Waals surface area (Å²) in [4.78, 5) is 28.2.